The molecule has 19 heavy (non-hydrogen) atoms. The molecule has 0 spiro atoms. The first-order chi connectivity index (χ1) is 9.00. The predicted octanol–water partition coefficient (Wildman–Crippen LogP) is -0.480. The number of nitrogen functional groups attached to an aromatic ring is 1. The van der Waals surface area contributed by atoms with Crippen LogP contribution in [0.2, 0.25) is 0 Å². The van der Waals surface area contributed by atoms with Gasteiger partial charge in [-0.2, -0.15) is 0 Å². The van der Waals surface area contributed by atoms with E-state index in [1.807, 2.05) is 6.07 Å². The van der Waals surface area contributed by atoms with Gasteiger partial charge in [-0.05, 0) is 17.7 Å². The minimum Gasteiger partial charge on any atom is -0.297 e. The fourth-order valence-corrected chi connectivity index (χ4v) is 3.34. The maximum Gasteiger partial charge on any atom is 0.265 e. The summed E-state index contributed by atoms with van der Waals surface area (Å²) in [5.41, 5.74) is 3.57. The van der Waals surface area contributed by atoms with E-state index < -0.39 is 9.84 Å². The van der Waals surface area contributed by atoms with Crippen LogP contribution in [0.4, 0.5) is 0 Å². The number of carbonyl (C=O) groups is 1. The lowest BCUT2D eigenvalue weighted by Gasteiger charge is -2.26. The number of nitrogens with two attached hydrogens (primary N) is 1. The fraction of sp³-hybridized carbons (Fsp3) is 0.417. The van der Waals surface area contributed by atoms with Crippen LogP contribution >= 0.6 is 0 Å². The first kappa shape index (κ1) is 14.0. The Bertz CT molecular complexity index is 557. The van der Waals surface area contributed by atoms with Crippen LogP contribution in [0.5, 0.6) is 0 Å². The zero-order valence-electron chi connectivity index (χ0n) is 10.5. The van der Waals surface area contributed by atoms with Gasteiger partial charge in [-0.3, -0.25) is 15.1 Å². The van der Waals surface area contributed by atoms with E-state index in [0.29, 0.717) is 25.2 Å². The first-order valence-electron chi connectivity index (χ1n) is 6.03. The Kier molecular flexibility index (Phi) is 4.18. The molecule has 0 aromatic heterocycles. The highest BCUT2D eigenvalue weighted by molar-refractivity contribution is 7.91. The molecular weight excluding hydrogens is 266 g/mol. The van der Waals surface area contributed by atoms with Crippen molar-refractivity contribution in [3.8, 4) is 0 Å². The summed E-state index contributed by atoms with van der Waals surface area (Å²) in [4.78, 5) is 13.5. The average Bonchev–Trinajstić information content (AvgIpc) is 2.41. The van der Waals surface area contributed by atoms with Gasteiger partial charge in [0.25, 0.3) is 5.91 Å². The van der Waals surface area contributed by atoms with Gasteiger partial charge in [0, 0.05) is 25.2 Å². The Labute approximate surface area is 112 Å². The van der Waals surface area contributed by atoms with Gasteiger partial charge in [-0.25, -0.2) is 14.3 Å². The molecule has 1 heterocycles. The van der Waals surface area contributed by atoms with Crippen molar-refractivity contribution in [1.82, 2.24) is 10.3 Å². The van der Waals surface area contributed by atoms with E-state index in [2.05, 4.69) is 10.3 Å². The molecule has 1 saturated heterocycles. The van der Waals surface area contributed by atoms with Crippen molar-refractivity contribution in [2.45, 2.75) is 6.54 Å². The molecule has 0 unspecified atom stereocenters. The van der Waals surface area contributed by atoms with E-state index in [9.17, 15) is 13.2 Å². The van der Waals surface area contributed by atoms with Crippen LogP contribution in [0.3, 0.4) is 0 Å². The molecule has 1 fully saturated rings. The van der Waals surface area contributed by atoms with E-state index in [4.69, 9.17) is 5.84 Å². The molecule has 2 rings (SSSR count). The van der Waals surface area contributed by atoms with Gasteiger partial charge in [0.2, 0.25) is 0 Å². The summed E-state index contributed by atoms with van der Waals surface area (Å²) >= 11 is 0. The lowest BCUT2D eigenvalue weighted by atomic mass is 10.1. The highest BCUT2D eigenvalue weighted by Gasteiger charge is 2.21. The Morgan fingerprint density at radius 1 is 1.32 bits per heavy atom. The van der Waals surface area contributed by atoms with Crippen molar-refractivity contribution in [2.75, 3.05) is 24.6 Å². The van der Waals surface area contributed by atoms with Gasteiger partial charge in [0.05, 0.1) is 11.5 Å². The van der Waals surface area contributed by atoms with E-state index in [0.717, 1.165) is 5.56 Å². The van der Waals surface area contributed by atoms with Crippen molar-refractivity contribution in [3.05, 3.63) is 35.4 Å². The van der Waals surface area contributed by atoms with Gasteiger partial charge >= 0.3 is 0 Å². The summed E-state index contributed by atoms with van der Waals surface area (Å²) in [5, 5.41) is 0. The number of benzene rings is 1. The molecule has 0 saturated carbocycles. The number of nitrogens with one attached hydrogen (secondary N) is 1. The molecule has 1 aromatic carbocycles. The summed E-state index contributed by atoms with van der Waals surface area (Å²) in [5.74, 6) is 5.17. The van der Waals surface area contributed by atoms with Gasteiger partial charge in [-0.15, -0.1) is 0 Å². The van der Waals surface area contributed by atoms with Crippen LogP contribution in [0.15, 0.2) is 24.3 Å². The molecule has 1 aliphatic heterocycles. The molecule has 1 aromatic rings. The highest BCUT2D eigenvalue weighted by Crippen LogP contribution is 2.11. The van der Waals surface area contributed by atoms with E-state index in [-0.39, 0.29) is 17.4 Å². The number of carbonyl (C=O) groups excluding carboxylic acids is 1. The molecule has 0 aliphatic carbocycles. The van der Waals surface area contributed by atoms with Crippen LogP contribution in [0.25, 0.3) is 0 Å². The molecule has 3 N–H and O–H groups in total. The van der Waals surface area contributed by atoms with Crippen molar-refractivity contribution in [1.29, 1.82) is 0 Å². The smallest absolute Gasteiger partial charge is 0.265 e. The third-order valence-electron chi connectivity index (χ3n) is 3.16. The second-order valence-corrected chi connectivity index (χ2v) is 6.91. The summed E-state index contributed by atoms with van der Waals surface area (Å²) in [6.45, 7) is 1.71. The van der Waals surface area contributed by atoms with Gasteiger partial charge in [0.15, 0.2) is 9.84 Å². The SMILES string of the molecule is NNC(=O)c1cccc(CN2CCS(=O)(=O)CC2)c1. The number of hydrogen-bond donors (Lipinski definition) is 2. The number of hydrogen-bond acceptors (Lipinski definition) is 5. The minimum absolute atomic E-state index is 0.204. The fourth-order valence-electron chi connectivity index (χ4n) is 2.06. The summed E-state index contributed by atoms with van der Waals surface area (Å²) in [6.07, 6.45) is 0. The zero-order chi connectivity index (χ0) is 13.9. The second kappa shape index (κ2) is 5.68. The molecule has 104 valence electrons. The van der Waals surface area contributed by atoms with E-state index >= 15 is 0 Å². The number of hydrazine groups is 1. The lowest BCUT2D eigenvalue weighted by Crippen LogP contribution is -2.39. The molecule has 6 nitrogen and oxygen atoms in total. The number of rotatable bonds is 3. The first-order valence-corrected chi connectivity index (χ1v) is 7.85. The van der Waals surface area contributed by atoms with Crippen LogP contribution in [-0.4, -0.2) is 43.8 Å². The van der Waals surface area contributed by atoms with Crippen LogP contribution < -0.4 is 11.3 Å². The predicted molar refractivity (Wildman–Crippen MR) is 72.0 cm³/mol. The summed E-state index contributed by atoms with van der Waals surface area (Å²) in [7, 11) is -2.86. The quantitative estimate of drug-likeness (QED) is 0.444. The maximum absolute atomic E-state index is 11.4. The Balaban J connectivity index is 2.02. The Morgan fingerprint density at radius 2 is 2.00 bits per heavy atom. The average molecular weight is 283 g/mol. The Morgan fingerprint density at radius 3 is 2.63 bits per heavy atom. The van der Waals surface area contributed by atoms with E-state index in [1.54, 1.807) is 18.2 Å². The van der Waals surface area contributed by atoms with Gasteiger partial charge in [0.1, 0.15) is 0 Å². The number of sulfone groups is 1. The van der Waals surface area contributed by atoms with Gasteiger partial charge < -0.3 is 0 Å². The van der Waals surface area contributed by atoms with Crippen LogP contribution in [-0.2, 0) is 16.4 Å². The molecule has 1 aliphatic rings. The molecule has 0 radical (unpaired) electrons. The van der Waals surface area contributed by atoms with Crippen molar-refractivity contribution >= 4 is 15.7 Å². The lowest BCUT2D eigenvalue weighted by molar-refractivity contribution is 0.0953. The normalized spacial score (nSPS) is 19.0. The highest BCUT2D eigenvalue weighted by atomic mass is 32.2. The van der Waals surface area contributed by atoms with Gasteiger partial charge in [-0.1, -0.05) is 12.1 Å². The standard InChI is InChI=1S/C12H17N3O3S/c13-14-12(16)11-3-1-2-10(8-11)9-15-4-6-19(17,18)7-5-15/h1-3,8H,4-7,9,13H2,(H,14,16). The molecule has 0 bridgehead atoms. The van der Waals surface area contributed by atoms with Crippen molar-refractivity contribution < 1.29 is 13.2 Å². The van der Waals surface area contributed by atoms with Crippen molar-refractivity contribution in [2.24, 2.45) is 5.84 Å². The number of nitrogens with zero attached hydrogens (tertiary/aromatic N) is 1. The Hall–Kier alpha value is -1.44. The zero-order valence-corrected chi connectivity index (χ0v) is 11.3. The molecule has 7 heteroatoms. The number of amides is 1. The maximum atomic E-state index is 11.4. The van der Waals surface area contributed by atoms with Crippen LogP contribution in [0, 0.1) is 0 Å². The molecule has 0 atom stereocenters. The summed E-state index contributed by atoms with van der Waals surface area (Å²) in [6, 6.07) is 7.16. The molecular formula is C12H17N3O3S. The van der Waals surface area contributed by atoms with Crippen LogP contribution in [0.1, 0.15) is 15.9 Å². The van der Waals surface area contributed by atoms with Crippen molar-refractivity contribution in [3.63, 3.8) is 0 Å². The monoisotopic (exact) mass is 283 g/mol. The third kappa shape index (κ3) is 3.76. The molecule has 1 amide bonds. The third-order valence-corrected chi connectivity index (χ3v) is 4.77. The largest absolute Gasteiger partial charge is 0.297 e. The van der Waals surface area contributed by atoms with E-state index in [1.165, 1.54) is 0 Å². The second-order valence-electron chi connectivity index (χ2n) is 4.60. The topological polar surface area (TPSA) is 92.5 Å². The summed E-state index contributed by atoms with van der Waals surface area (Å²) < 4.78 is 22.7. The minimum atomic E-state index is -2.86.